The van der Waals surface area contributed by atoms with E-state index >= 15 is 0 Å². The van der Waals surface area contributed by atoms with Crippen molar-refractivity contribution >= 4 is 63.5 Å². The number of nitrogens with one attached hydrogen (secondary N) is 2. The monoisotopic (exact) mass is 495 g/mol. The summed E-state index contributed by atoms with van der Waals surface area (Å²) in [5, 5.41) is 23.9. The predicted molar refractivity (Wildman–Crippen MR) is 120 cm³/mol. The maximum absolute atomic E-state index is 12.8. The molecule has 2 amide bonds. The number of β-lactam (4-membered cyclic amide) rings is 1. The van der Waals surface area contributed by atoms with Crippen molar-refractivity contribution in [3.8, 4) is 0 Å². The molecule has 0 radical (unpaired) electrons. The first-order chi connectivity index (χ1) is 15.4. The van der Waals surface area contributed by atoms with Crippen LogP contribution >= 0.6 is 34.9 Å². The average molecular weight is 496 g/mol. The van der Waals surface area contributed by atoms with Crippen LogP contribution in [0.4, 0.5) is 5.13 Å². The number of H-pyrrole nitrogens is 1. The lowest BCUT2D eigenvalue weighted by molar-refractivity contribution is -0.150. The van der Waals surface area contributed by atoms with Gasteiger partial charge >= 0.3 is 5.97 Å². The highest BCUT2D eigenvalue weighted by molar-refractivity contribution is 8.05. The van der Waals surface area contributed by atoms with Crippen molar-refractivity contribution in [3.05, 3.63) is 39.6 Å². The van der Waals surface area contributed by atoms with Gasteiger partial charge in [0.05, 0.1) is 6.20 Å². The minimum atomic E-state index is -1.19. The number of fused-ring (bicyclic) bond motifs is 1. The van der Waals surface area contributed by atoms with E-state index in [0.29, 0.717) is 16.4 Å². The Labute approximate surface area is 193 Å². The molecule has 1 fully saturated rings. The number of nitrogens with zero attached hydrogens (tertiary/aromatic N) is 4. The average Bonchev–Trinajstić information content (AvgIpc) is 3.45. The maximum Gasteiger partial charge on any atom is 0.353 e. The summed E-state index contributed by atoms with van der Waals surface area (Å²) in [6, 6.07) is -0.902. The smallest absolute Gasteiger partial charge is 0.353 e. The number of carboxylic acid groups (broad SMARTS) is 1. The number of thioether (sulfide) groups is 2. The number of nitrogen functional groups attached to an aromatic ring is 1. The van der Waals surface area contributed by atoms with Crippen LogP contribution in [0, 0.1) is 0 Å². The molecule has 0 aliphatic carbocycles. The highest BCUT2D eigenvalue weighted by Gasteiger charge is 2.54. The first-order valence-electron chi connectivity index (χ1n) is 9.05. The lowest BCUT2D eigenvalue weighted by Crippen LogP contribution is -2.71. The third-order valence-corrected chi connectivity index (χ3v) is 7.85. The molecule has 2 aliphatic heterocycles. The topological polar surface area (TPSA) is 176 Å². The summed E-state index contributed by atoms with van der Waals surface area (Å²) in [6.45, 7) is 0. The Morgan fingerprint density at radius 3 is 2.97 bits per heavy atom. The van der Waals surface area contributed by atoms with Gasteiger partial charge in [-0.1, -0.05) is 5.16 Å². The number of carbonyl (C=O) groups is 3. The fourth-order valence-electron chi connectivity index (χ4n) is 3.13. The van der Waals surface area contributed by atoms with E-state index in [9.17, 15) is 19.5 Å². The van der Waals surface area contributed by atoms with E-state index in [-0.39, 0.29) is 22.2 Å². The zero-order valence-corrected chi connectivity index (χ0v) is 18.9. The Hall–Kier alpha value is -3.04. The van der Waals surface area contributed by atoms with E-state index < -0.39 is 29.2 Å². The Kier molecular flexibility index (Phi) is 6.38. The number of aromatic nitrogens is 3. The molecule has 15 heteroatoms. The van der Waals surface area contributed by atoms with Crippen molar-refractivity contribution in [2.24, 2.45) is 5.16 Å². The summed E-state index contributed by atoms with van der Waals surface area (Å²) >= 11 is 3.85. The van der Waals surface area contributed by atoms with Crippen LogP contribution < -0.4 is 11.1 Å². The number of nitrogens with two attached hydrogens (primary N) is 1. The minimum absolute atomic E-state index is 0.0594. The summed E-state index contributed by atoms with van der Waals surface area (Å²) in [5.41, 5.74) is 6.56. The number of hydrogen-bond donors (Lipinski definition) is 4. The number of aromatic amines is 1. The Morgan fingerprint density at radius 1 is 1.53 bits per heavy atom. The predicted octanol–water partition coefficient (Wildman–Crippen LogP) is 0.428. The fourth-order valence-corrected chi connectivity index (χ4v) is 6.23. The van der Waals surface area contributed by atoms with Gasteiger partial charge in [-0.15, -0.1) is 34.9 Å². The highest BCUT2D eigenvalue weighted by Crippen LogP contribution is 2.44. The Balaban J connectivity index is 1.49. The molecule has 0 bridgehead atoms. The van der Waals surface area contributed by atoms with Gasteiger partial charge in [-0.3, -0.25) is 19.6 Å². The first kappa shape index (κ1) is 22.2. The van der Waals surface area contributed by atoms with Crippen LogP contribution in [0.1, 0.15) is 11.3 Å². The molecule has 12 nitrogen and oxygen atoms in total. The molecule has 0 aromatic carbocycles. The third-order valence-electron chi connectivity index (χ3n) is 4.55. The molecule has 2 aliphatic rings. The SMILES string of the molecule is CO/N=C(\C(=O)N[C@@H]1C(=O)N2C(C(=O)O)=C(SCc3cn[nH]c3)CS[C@H]12)c1csc(N)n1. The molecule has 2 atom stereocenters. The number of aliphatic carboxylic acids is 1. The minimum Gasteiger partial charge on any atom is -0.477 e. The maximum atomic E-state index is 12.8. The summed E-state index contributed by atoms with van der Waals surface area (Å²) < 4.78 is 0. The molecular formula is C17H17N7O5S3. The van der Waals surface area contributed by atoms with Gasteiger partial charge in [-0.2, -0.15) is 5.10 Å². The quantitative estimate of drug-likeness (QED) is 0.228. The van der Waals surface area contributed by atoms with Crippen LogP contribution in [0.3, 0.4) is 0 Å². The van der Waals surface area contributed by atoms with E-state index in [1.54, 1.807) is 17.8 Å². The van der Waals surface area contributed by atoms with Gasteiger partial charge in [0, 0.05) is 33.6 Å². The zero-order valence-electron chi connectivity index (χ0n) is 16.5. The van der Waals surface area contributed by atoms with Gasteiger partial charge < -0.3 is 21.0 Å². The second-order valence-electron chi connectivity index (χ2n) is 6.53. The second-order valence-corrected chi connectivity index (χ2v) is 9.59. The van der Waals surface area contributed by atoms with Crippen LogP contribution in [0.25, 0.3) is 0 Å². The number of rotatable bonds is 8. The number of oxime groups is 1. The fraction of sp³-hybridized carbons (Fsp3) is 0.294. The van der Waals surface area contributed by atoms with Crippen molar-refractivity contribution in [2.45, 2.75) is 17.2 Å². The zero-order chi connectivity index (χ0) is 22.8. The second kappa shape index (κ2) is 9.22. The molecular weight excluding hydrogens is 478 g/mol. The summed E-state index contributed by atoms with van der Waals surface area (Å²) in [4.78, 5) is 48.1. The summed E-state index contributed by atoms with van der Waals surface area (Å²) in [6.07, 6.45) is 3.38. The van der Waals surface area contributed by atoms with E-state index in [1.165, 1.54) is 35.5 Å². The van der Waals surface area contributed by atoms with Crippen LogP contribution in [0.5, 0.6) is 0 Å². The van der Waals surface area contributed by atoms with Crippen LogP contribution in [0.15, 0.2) is 33.5 Å². The molecule has 2 aromatic rings. The third kappa shape index (κ3) is 4.18. The largest absolute Gasteiger partial charge is 0.477 e. The van der Waals surface area contributed by atoms with Crippen molar-refractivity contribution in [1.82, 2.24) is 25.4 Å². The molecule has 2 aromatic heterocycles. The Bertz CT molecular complexity index is 1110. The van der Waals surface area contributed by atoms with Crippen LogP contribution in [-0.2, 0) is 25.0 Å². The van der Waals surface area contributed by atoms with E-state index in [2.05, 4.69) is 25.7 Å². The standard InChI is InChI=1S/C17H17N7O5S3/c1-29-23-10(8-5-32-17(18)21-8)13(25)22-11-14(26)24-12(16(27)28)9(6-31-15(11)24)30-4-7-2-19-20-3-7/h2-3,5,11,15H,4,6H2,1H3,(H2,18,21)(H,19,20)(H,22,25)(H,27,28)/b23-10-/t11-,15-/m1/s1. The van der Waals surface area contributed by atoms with Crippen molar-refractivity contribution < 1.29 is 24.3 Å². The molecule has 5 N–H and O–H groups in total. The van der Waals surface area contributed by atoms with E-state index in [1.807, 2.05) is 0 Å². The number of thiazole rings is 1. The van der Waals surface area contributed by atoms with Gasteiger partial charge in [0.2, 0.25) is 0 Å². The summed E-state index contributed by atoms with van der Waals surface area (Å²) in [7, 11) is 1.28. The first-order valence-corrected chi connectivity index (χ1v) is 12.0. The molecule has 0 spiro atoms. The van der Waals surface area contributed by atoms with Gasteiger partial charge in [0.25, 0.3) is 11.8 Å². The molecule has 0 saturated carbocycles. The van der Waals surface area contributed by atoms with Crippen LogP contribution in [-0.4, -0.2) is 73.0 Å². The van der Waals surface area contributed by atoms with Gasteiger partial charge in [-0.25, -0.2) is 9.78 Å². The number of hydrogen-bond acceptors (Lipinski definition) is 11. The number of amides is 2. The van der Waals surface area contributed by atoms with Crippen molar-refractivity contribution in [1.29, 1.82) is 0 Å². The summed E-state index contributed by atoms with van der Waals surface area (Å²) in [5.74, 6) is -1.46. The molecule has 4 rings (SSSR count). The van der Waals surface area contributed by atoms with Crippen LogP contribution in [0.2, 0.25) is 0 Å². The number of anilines is 1. The molecule has 32 heavy (non-hydrogen) atoms. The number of carbonyl (C=O) groups excluding carboxylic acids is 2. The molecule has 1 saturated heterocycles. The molecule has 168 valence electrons. The van der Waals surface area contributed by atoms with E-state index in [0.717, 1.165) is 16.9 Å². The molecule has 4 heterocycles. The molecule has 0 unspecified atom stereocenters. The lowest BCUT2D eigenvalue weighted by atomic mass is 10.0. The van der Waals surface area contributed by atoms with Gasteiger partial charge in [0.15, 0.2) is 10.8 Å². The highest BCUT2D eigenvalue weighted by atomic mass is 32.2. The number of carboxylic acids is 1. The van der Waals surface area contributed by atoms with Gasteiger partial charge in [0.1, 0.15) is 29.9 Å². The van der Waals surface area contributed by atoms with E-state index in [4.69, 9.17) is 10.6 Å². The van der Waals surface area contributed by atoms with Crippen molar-refractivity contribution in [2.75, 3.05) is 18.6 Å². The Morgan fingerprint density at radius 2 is 2.34 bits per heavy atom. The van der Waals surface area contributed by atoms with Gasteiger partial charge in [-0.05, 0) is 0 Å². The lowest BCUT2D eigenvalue weighted by Gasteiger charge is -2.49. The van der Waals surface area contributed by atoms with Crippen molar-refractivity contribution in [3.63, 3.8) is 0 Å². The normalized spacial score (nSPS) is 20.6.